The molecular weight excluding hydrogens is 939 g/mol. The van der Waals surface area contributed by atoms with Gasteiger partial charge in [0.05, 0.1) is 12.2 Å². The van der Waals surface area contributed by atoms with Crippen molar-refractivity contribution < 1.29 is 14.2 Å². The molecule has 0 amide bonds. The third kappa shape index (κ3) is 57.4. The maximum Gasteiger partial charge on any atom is 0.0619 e. The van der Waals surface area contributed by atoms with Gasteiger partial charge in [0.1, 0.15) is 0 Å². The van der Waals surface area contributed by atoms with E-state index in [0.29, 0.717) is 12.2 Å². The van der Waals surface area contributed by atoms with Gasteiger partial charge in [0.15, 0.2) is 0 Å². The Hall–Kier alpha value is -0.160. The summed E-state index contributed by atoms with van der Waals surface area (Å²) in [6, 6.07) is 0.815. The second-order valence-corrected chi connectivity index (χ2v) is 23.5. The summed E-state index contributed by atoms with van der Waals surface area (Å²) in [7, 11) is 0. The van der Waals surface area contributed by atoms with E-state index in [4.69, 9.17) is 14.2 Å². The summed E-state index contributed by atoms with van der Waals surface area (Å²) in [5, 5.41) is 3.46. The highest BCUT2D eigenvalue weighted by Crippen LogP contribution is 2.34. The number of hydrogen-bond acceptors (Lipinski definition) is 4. The van der Waals surface area contributed by atoms with Gasteiger partial charge in [-0.1, -0.05) is 311 Å². The lowest BCUT2D eigenvalue weighted by molar-refractivity contribution is -0.0763. The molecule has 0 aromatic heterocycles. The van der Waals surface area contributed by atoms with E-state index in [-0.39, 0.29) is 0 Å². The molecule has 4 aliphatic heterocycles. The van der Waals surface area contributed by atoms with E-state index in [9.17, 15) is 0 Å². The van der Waals surface area contributed by atoms with E-state index in [0.717, 1.165) is 109 Å². The van der Waals surface area contributed by atoms with Gasteiger partial charge in [-0.05, 0) is 122 Å². The molecular formula is C73H163NO3. The minimum atomic E-state index is 0.565. The van der Waals surface area contributed by atoms with Gasteiger partial charge in [-0.15, -0.1) is 0 Å². The van der Waals surface area contributed by atoms with Crippen LogP contribution in [0.5, 0.6) is 0 Å². The second kappa shape index (κ2) is 71.9. The summed E-state index contributed by atoms with van der Waals surface area (Å²) in [4.78, 5) is 0. The average Bonchev–Trinajstić information content (AvgIpc) is 4.26. The van der Waals surface area contributed by atoms with Crippen molar-refractivity contribution in [3.05, 3.63) is 0 Å². The molecule has 4 atom stereocenters. The smallest absolute Gasteiger partial charge is 0.0619 e. The normalized spacial score (nSPS) is 21.5. The molecule has 4 nitrogen and oxygen atoms in total. The molecule has 8 rings (SSSR count). The molecule has 8 fully saturated rings. The van der Waals surface area contributed by atoms with Crippen molar-refractivity contribution in [2.75, 3.05) is 33.0 Å². The lowest BCUT2D eigenvalue weighted by Gasteiger charge is -2.29. The Morgan fingerprint density at radius 3 is 0.662 bits per heavy atom. The SMILES string of the molecule is CC.CC.CC.CC.CC.CC.CC.CC.CC(C)C1CCC1.CC(C)C1CCC1.CC(C)C1CCCC1.CC(C)C1CCCC1.CC(C)C1CCCN1.CC(C)C1CCCO1.CC(C)C1CCO1.CC(C)C1CCOC1. The first kappa shape index (κ1) is 93.3. The predicted octanol–water partition coefficient (Wildman–Crippen LogP) is 25.1. The molecule has 1 N–H and O–H groups in total. The van der Waals surface area contributed by atoms with Crippen molar-refractivity contribution in [1.29, 1.82) is 0 Å². The third-order valence-corrected chi connectivity index (χ3v) is 15.9. The molecule has 4 heteroatoms. The molecule has 478 valence electrons. The van der Waals surface area contributed by atoms with E-state index in [1.165, 1.54) is 135 Å². The van der Waals surface area contributed by atoms with Crippen LogP contribution in [0.25, 0.3) is 0 Å². The molecule has 8 aliphatic rings. The van der Waals surface area contributed by atoms with Crippen LogP contribution in [0.2, 0.25) is 0 Å². The maximum atomic E-state index is 5.41. The van der Waals surface area contributed by atoms with Gasteiger partial charge in [-0.3, -0.25) is 0 Å². The lowest BCUT2D eigenvalue weighted by Crippen LogP contribution is -2.31. The van der Waals surface area contributed by atoms with Crippen molar-refractivity contribution >= 4 is 0 Å². The first-order valence-corrected chi connectivity index (χ1v) is 35.5. The van der Waals surface area contributed by atoms with Gasteiger partial charge in [-0.25, -0.2) is 0 Å². The van der Waals surface area contributed by atoms with Crippen LogP contribution in [0.4, 0.5) is 0 Å². The zero-order valence-electron chi connectivity index (χ0n) is 60.6. The highest BCUT2D eigenvalue weighted by molar-refractivity contribution is 4.77. The fourth-order valence-corrected chi connectivity index (χ4v) is 9.73. The largest absolute Gasteiger partial charge is 0.381 e. The molecule has 0 radical (unpaired) electrons. The van der Waals surface area contributed by atoms with Gasteiger partial charge in [0.25, 0.3) is 0 Å². The average molecular weight is 1100 g/mol. The summed E-state index contributed by atoms with van der Waals surface area (Å²) in [6.45, 7) is 73.8. The summed E-state index contributed by atoms with van der Waals surface area (Å²) in [5.41, 5.74) is 0. The minimum absolute atomic E-state index is 0.565. The van der Waals surface area contributed by atoms with Gasteiger partial charge >= 0.3 is 0 Å². The Balaban J connectivity index is -0.000000113. The Kier molecular flexibility index (Phi) is 87.1. The van der Waals surface area contributed by atoms with Gasteiger partial charge < -0.3 is 19.5 Å². The molecule has 4 heterocycles. The summed E-state index contributed by atoms with van der Waals surface area (Å²) >= 11 is 0. The highest BCUT2D eigenvalue weighted by Gasteiger charge is 2.23. The number of rotatable bonds is 8. The quantitative estimate of drug-likeness (QED) is 0.263. The predicted molar refractivity (Wildman–Crippen MR) is 361 cm³/mol. The molecule has 0 aromatic carbocycles. The van der Waals surface area contributed by atoms with Crippen molar-refractivity contribution in [3.63, 3.8) is 0 Å². The summed E-state index contributed by atoms with van der Waals surface area (Å²) < 4.78 is 15.8. The molecule has 4 saturated heterocycles. The zero-order valence-corrected chi connectivity index (χ0v) is 60.6. The molecule has 4 saturated carbocycles. The van der Waals surface area contributed by atoms with Crippen molar-refractivity contribution in [2.45, 2.75) is 368 Å². The van der Waals surface area contributed by atoms with Crippen molar-refractivity contribution in [3.8, 4) is 0 Å². The summed E-state index contributed by atoms with van der Waals surface area (Å²) in [6.07, 6.45) is 29.9. The molecule has 4 unspecified atom stereocenters. The first-order chi connectivity index (χ1) is 36.9. The van der Waals surface area contributed by atoms with Crippen LogP contribution in [-0.4, -0.2) is 51.2 Å². The van der Waals surface area contributed by atoms with Crippen LogP contribution in [0.15, 0.2) is 0 Å². The van der Waals surface area contributed by atoms with Gasteiger partial charge in [0, 0.05) is 32.5 Å². The topological polar surface area (TPSA) is 39.7 Å². The van der Waals surface area contributed by atoms with Crippen LogP contribution in [0.1, 0.15) is 350 Å². The van der Waals surface area contributed by atoms with Crippen LogP contribution in [0, 0.1) is 76.9 Å². The van der Waals surface area contributed by atoms with Crippen molar-refractivity contribution in [2.24, 2.45) is 76.9 Å². The van der Waals surface area contributed by atoms with E-state index >= 15 is 0 Å². The Morgan fingerprint density at radius 2 is 0.558 bits per heavy atom. The first-order valence-electron chi connectivity index (χ1n) is 35.5. The van der Waals surface area contributed by atoms with E-state index in [2.05, 4.69) is 116 Å². The second-order valence-electron chi connectivity index (χ2n) is 23.5. The maximum absolute atomic E-state index is 5.41. The van der Waals surface area contributed by atoms with Gasteiger partial charge in [-0.2, -0.15) is 0 Å². The molecule has 0 spiro atoms. The Morgan fingerprint density at radius 1 is 0.260 bits per heavy atom. The fourth-order valence-electron chi connectivity index (χ4n) is 9.73. The number of nitrogens with one attached hydrogen (secondary N) is 1. The molecule has 0 aromatic rings. The number of hydrogen-bond donors (Lipinski definition) is 1. The molecule has 77 heavy (non-hydrogen) atoms. The van der Waals surface area contributed by atoms with Crippen LogP contribution >= 0.6 is 0 Å². The Bertz CT molecular complexity index is 774. The van der Waals surface area contributed by atoms with E-state index < -0.39 is 0 Å². The fraction of sp³-hybridized carbons (Fsp3) is 1.00. The standard InChI is InChI=1S/2C8H16.C7H15N.2C7H14O.2C7H14.C6H12O.8C2H6/c2*1-7(2)8-5-3-4-6-8;1-6(2)7-4-3-5-8-7;1-6(2)7-3-4-8-5-7;1-6(2)7-4-3-5-8-7;2*1-6(2)7-4-3-5-7;1-5(2)6-3-4-7-6;8*1-2/h2*7-8H,3-6H2,1-2H3;6-8H,3-5H2,1-2H3;2*6-7H,3-5H2,1-2H3;2*6-7H,3-5H2,1-2H3;5-6H,3-4H2,1-2H3;8*1-2H3. The Labute approximate surface area is 495 Å². The van der Waals surface area contributed by atoms with Crippen LogP contribution < -0.4 is 5.32 Å². The van der Waals surface area contributed by atoms with Gasteiger partial charge in [0.2, 0.25) is 0 Å². The van der Waals surface area contributed by atoms with Crippen molar-refractivity contribution in [1.82, 2.24) is 5.32 Å². The van der Waals surface area contributed by atoms with E-state index in [1.807, 2.05) is 111 Å². The minimum Gasteiger partial charge on any atom is -0.381 e. The highest BCUT2D eigenvalue weighted by atomic mass is 16.5. The molecule has 0 bridgehead atoms. The van der Waals surface area contributed by atoms with Crippen LogP contribution in [-0.2, 0) is 14.2 Å². The lowest BCUT2D eigenvalue weighted by atomic mass is 9.78. The zero-order chi connectivity index (χ0) is 61.7. The summed E-state index contributed by atoms with van der Waals surface area (Å²) in [5.74, 6) is 12.0. The number of ether oxygens (including phenoxy) is 3. The van der Waals surface area contributed by atoms with Crippen LogP contribution in [0.3, 0.4) is 0 Å². The monoisotopic (exact) mass is 1100 g/mol. The van der Waals surface area contributed by atoms with E-state index in [1.54, 1.807) is 0 Å². The molecule has 4 aliphatic carbocycles. The third-order valence-electron chi connectivity index (χ3n) is 15.9.